The third-order valence-corrected chi connectivity index (χ3v) is 4.74. The summed E-state index contributed by atoms with van der Waals surface area (Å²) in [6.07, 6.45) is 0.688. The van der Waals surface area contributed by atoms with Crippen LogP contribution in [0.25, 0.3) is 11.0 Å². The molecule has 1 amide bonds. The largest absolute Gasteiger partial charge is 0.450 e. The van der Waals surface area contributed by atoms with Crippen LogP contribution in [0.1, 0.15) is 34.1 Å². The SMILES string of the molecule is COCCCN1C(=O)c2oc3ccccc3c(=O)c2[C@H]1c1ccccc1. The molecule has 0 spiro atoms. The van der Waals surface area contributed by atoms with Crippen LogP contribution >= 0.6 is 0 Å². The Morgan fingerprint density at radius 2 is 1.77 bits per heavy atom. The molecular formula is C21H19NO4. The van der Waals surface area contributed by atoms with Gasteiger partial charge < -0.3 is 14.1 Å². The van der Waals surface area contributed by atoms with Crippen LogP contribution in [0.15, 0.2) is 63.8 Å². The number of methoxy groups -OCH3 is 1. The topological polar surface area (TPSA) is 59.8 Å². The van der Waals surface area contributed by atoms with Crippen molar-refractivity contribution in [1.29, 1.82) is 0 Å². The van der Waals surface area contributed by atoms with E-state index in [0.717, 1.165) is 5.56 Å². The number of carbonyl (C=O) groups excluding carboxylic acids is 1. The van der Waals surface area contributed by atoms with Gasteiger partial charge in [-0.1, -0.05) is 42.5 Å². The monoisotopic (exact) mass is 349 g/mol. The van der Waals surface area contributed by atoms with Crippen LogP contribution in [-0.4, -0.2) is 31.1 Å². The van der Waals surface area contributed by atoms with Gasteiger partial charge in [0.1, 0.15) is 5.58 Å². The molecule has 26 heavy (non-hydrogen) atoms. The number of hydrogen-bond donors (Lipinski definition) is 0. The molecule has 5 heteroatoms. The van der Waals surface area contributed by atoms with Gasteiger partial charge in [0, 0.05) is 20.3 Å². The minimum atomic E-state index is -0.434. The molecule has 2 aromatic carbocycles. The molecule has 0 saturated carbocycles. The lowest BCUT2D eigenvalue weighted by Gasteiger charge is -2.25. The molecule has 1 atom stereocenters. The van der Waals surface area contributed by atoms with Crippen LogP contribution in [0, 0.1) is 0 Å². The van der Waals surface area contributed by atoms with Gasteiger partial charge in [0.15, 0.2) is 5.43 Å². The molecule has 0 radical (unpaired) electrons. The second kappa shape index (κ2) is 6.77. The first-order chi connectivity index (χ1) is 12.7. The predicted octanol–water partition coefficient (Wildman–Crippen LogP) is 3.37. The standard InChI is InChI=1S/C21H19NO4/c1-25-13-7-12-22-18(14-8-3-2-4-9-14)17-19(23)15-10-5-6-11-16(15)26-20(17)21(22)24/h2-6,8-11,18H,7,12-13H2,1H3/t18-/m1/s1. The average molecular weight is 349 g/mol. The van der Waals surface area contributed by atoms with E-state index in [1.807, 2.05) is 30.3 Å². The molecule has 1 aliphatic heterocycles. The van der Waals surface area contributed by atoms with Crippen molar-refractivity contribution in [2.45, 2.75) is 12.5 Å². The third-order valence-electron chi connectivity index (χ3n) is 4.74. The molecule has 2 heterocycles. The fraction of sp³-hybridized carbons (Fsp3) is 0.238. The fourth-order valence-electron chi connectivity index (χ4n) is 3.56. The van der Waals surface area contributed by atoms with Gasteiger partial charge in [-0.05, 0) is 24.1 Å². The van der Waals surface area contributed by atoms with Crippen LogP contribution in [-0.2, 0) is 4.74 Å². The van der Waals surface area contributed by atoms with E-state index in [1.54, 1.807) is 36.3 Å². The molecule has 1 aliphatic rings. The molecule has 3 aromatic rings. The van der Waals surface area contributed by atoms with E-state index < -0.39 is 6.04 Å². The zero-order chi connectivity index (χ0) is 18.1. The van der Waals surface area contributed by atoms with Crippen molar-refractivity contribution in [3.63, 3.8) is 0 Å². The Morgan fingerprint density at radius 3 is 2.54 bits per heavy atom. The first-order valence-electron chi connectivity index (χ1n) is 8.63. The molecule has 0 fully saturated rings. The van der Waals surface area contributed by atoms with E-state index >= 15 is 0 Å². The van der Waals surface area contributed by atoms with Crippen LogP contribution in [0.2, 0.25) is 0 Å². The molecule has 0 saturated heterocycles. The second-order valence-electron chi connectivity index (χ2n) is 6.33. The molecule has 0 aliphatic carbocycles. The maximum atomic E-state index is 13.2. The summed E-state index contributed by atoms with van der Waals surface area (Å²) in [6.45, 7) is 1.04. The molecule has 0 bridgehead atoms. The molecule has 0 N–H and O–H groups in total. The minimum absolute atomic E-state index is 0.140. The zero-order valence-electron chi connectivity index (χ0n) is 14.5. The summed E-state index contributed by atoms with van der Waals surface area (Å²) in [5, 5.41) is 0.499. The molecule has 0 unspecified atom stereocenters. The van der Waals surface area contributed by atoms with E-state index in [0.29, 0.717) is 36.1 Å². The first-order valence-corrected chi connectivity index (χ1v) is 8.63. The van der Waals surface area contributed by atoms with Gasteiger partial charge in [0.05, 0.1) is 17.0 Å². The van der Waals surface area contributed by atoms with Crippen molar-refractivity contribution in [3.8, 4) is 0 Å². The maximum Gasteiger partial charge on any atom is 0.290 e. The first kappa shape index (κ1) is 16.5. The Morgan fingerprint density at radius 1 is 1.04 bits per heavy atom. The number of rotatable bonds is 5. The van der Waals surface area contributed by atoms with Crippen molar-refractivity contribution in [1.82, 2.24) is 4.90 Å². The lowest BCUT2D eigenvalue weighted by molar-refractivity contribution is 0.0708. The quantitative estimate of drug-likeness (QED) is 0.663. The molecule has 1 aromatic heterocycles. The van der Waals surface area contributed by atoms with E-state index in [1.165, 1.54) is 0 Å². The van der Waals surface area contributed by atoms with Crippen molar-refractivity contribution in [2.75, 3.05) is 20.3 Å². The number of hydrogen-bond acceptors (Lipinski definition) is 4. The van der Waals surface area contributed by atoms with Gasteiger partial charge in [-0.25, -0.2) is 0 Å². The normalized spacial score (nSPS) is 16.3. The summed E-state index contributed by atoms with van der Waals surface area (Å²) in [5.74, 6) is -0.0900. The van der Waals surface area contributed by atoms with Crippen LogP contribution in [0.4, 0.5) is 0 Å². The van der Waals surface area contributed by atoms with Crippen molar-refractivity contribution >= 4 is 16.9 Å². The van der Waals surface area contributed by atoms with E-state index in [9.17, 15) is 9.59 Å². The summed E-state index contributed by atoms with van der Waals surface area (Å²) in [4.78, 5) is 27.9. The second-order valence-corrected chi connectivity index (χ2v) is 6.33. The fourth-order valence-corrected chi connectivity index (χ4v) is 3.56. The van der Waals surface area contributed by atoms with E-state index in [4.69, 9.17) is 9.15 Å². The van der Waals surface area contributed by atoms with Gasteiger partial charge in [-0.15, -0.1) is 0 Å². The summed E-state index contributed by atoms with van der Waals surface area (Å²) in [6, 6.07) is 16.2. The molecular weight excluding hydrogens is 330 g/mol. The predicted molar refractivity (Wildman–Crippen MR) is 98.3 cm³/mol. The molecule has 4 rings (SSSR count). The smallest absolute Gasteiger partial charge is 0.290 e. The molecule has 5 nitrogen and oxygen atoms in total. The third kappa shape index (κ3) is 2.61. The van der Waals surface area contributed by atoms with Crippen LogP contribution < -0.4 is 5.43 Å². The Kier molecular flexibility index (Phi) is 4.31. The number of para-hydroxylation sites is 1. The number of carbonyl (C=O) groups is 1. The summed E-state index contributed by atoms with van der Waals surface area (Å²) < 4.78 is 11.0. The van der Waals surface area contributed by atoms with Gasteiger partial charge in [0.25, 0.3) is 5.91 Å². The highest BCUT2D eigenvalue weighted by Gasteiger charge is 2.42. The highest BCUT2D eigenvalue weighted by atomic mass is 16.5. The number of amides is 1. The van der Waals surface area contributed by atoms with Crippen LogP contribution in [0.3, 0.4) is 0 Å². The van der Waals surface area contributed by atoms with Gasteiger partial charge in [-0.2, -0.15) is 0 Å². The Bertz CT molecular complexity index is 1010. The highest BCUT2D eigenvalue weighted by molar-refractivity contribution is 5.99. The lowest BCUT2D eigenvalue weighted by Crippen LogP contribution is -2.31. The molecule has 132 valence electrons. The minimum Gasteiger partial charge on any atom is -0.450 e. The Balaban J connectivity index is 1.90. The maximum absolute atomic E-state index is 13.2. The average Bonchev–Trinajstić information content (AvgIpc) is 2.96. The van der Waals surface area contributed by atoms with Gasteiger partial charge in [-0.3, -0.25) is 9.59 Å². The highest BCUT2D eigenvalue weighted by Crippen LogP contribution is 2.37. The Hall–Kier alpha value is -2.92. The number of fused-ring (bicyclic) bond motifs is 2. The summed E-state index contributed by atoms with van der Waals surface area (Å²) >= 11 is 0. The lowest BCUT2D eigenvalue weighted by atomic mass is 9.98. The number of nitrogens with zero attached hydrogens (tertiary/aromatic N) is 1. The number of ether oxygens (including phenoxy) is 1. The van der Waals surface area contributed by atoms with Crippen molar-refractivity contribution in [3.05, 3.63) is 81.7 Å². The summed E-state index contributed by atoms with van der Waals surface area (Å²) in [5.41, 5.74) is 1.63. The zero-order valence-corrected chi connectivity index (χ0v) is 14.5. The van der Waals surface area contributed by atoms with Gasteiger partial charge in [0.2, 0.25) is 5.76 Å². The van der Waals surface area contributed by atoms with Crippen molar-refractivity contribution < 1.29 is 13.9 Å². The van der Waals surface area contributed by atoms with Gasteiger partial charge >= 0.3 is 0 Å². The number of benzene rings is 2. The van der Waals surface area contributed by atoms with E-state index in [-0.39, 0.29) is 17.1 Å². The van der Waals surface area contributed by atoms with Crippen LogP contribution in [0.5, 0.6) is 0 Å². The Labute approximate surface area is 150 Å². The van der Waals surface area contributed by atoms with Crippen molar-refractivity contribution in [2.24, 2.45) is 0 Å². The summed E-state index contributed by atoms with van der Waals surface area (Å²) in [7, 11) is 1.63. The van der Waals surface area contributed by atoms with E-state index in [2.05, 4.69) is 0 Å².